The molecule has 23 heavy (non-hydrogen) atoms. The first-order valence-corrected chi connectivity index (χ1v) is 8.01. The molecule has 1 aliphatic rings. The number of amides is 1. The Balaban J connectivity index is 1.83. The molecular formula is C18H23N3O2. The monoisotopic (exact) mass is 313 g/mol. The first-order chi connectivity index (χ1) is 11.1. The highest BCUT2D eigenvalue weighted by Crippen LogP contribution is 2.17. The van der Waals surface area contributed by atoms with Crippen LogP contribution >= 0.6 is 0 Å². The predicted octanol–water partition coefficient (Wildman–Crippen LogP) is 2.19. The zero-order valence-electron chi connectivity index (χ0n) is 13.5. The van der Waals surface area contributed by atoms with Gasteiger partial charge in [0.2, 0.25) is 0 Å². The van der Waals surface area contributed by atoms with Gasteiger partial charge in [0.25, 0.3) is 5.91 Å². The number of hydrogen-bond acceptors (Lipinski definition) is 4. The van der Waals surface area contributed by atoms with E-state index in [9.17, 15) is 15.2 Å². The second-order valence-electron chi connectivity index (χ2n) is 6.02. The first kappa shape index (κ1) is 16.9. The lowest BCUT2D eigenvalue weighted by Gasteiger charge is -2.30. The van der Waals surface area contributed by atoms with Gasteiger partial charge in [0.05, 0.1) is 0 Å². The van der Waals surface area contributed by atoms with Crippen LogP contribution in [-0.4, -0.2) is 35.5 Å². The number of likely N-dealkylation sites (tertiary alicyclic amines) is 1. The van der Waals surface area contributed by atoms with Crippen molar-refractivity contribution in [2.75, 3.05) is 19.6 Å². The third-order valence-corrected chi connectivity index (χ3v) is 4.16. The number of phenols is 1. The quantitative estimate of drug-likeness (QED) is 0.496. The third kappa shape index (κ3) is 5.03. The molecule has 1 aromatic carbocycles. The maximum Gasteiger partial charge on any atom is 0.265 e. The Morgan fingerprint density at radius 1 is 1.39 bits per heavy atom. The minimum atomic E-state index is -0.184. The largest absolute Gasteiger partial charge is 0.508 e. The summed E-state index contributed by atoms with van der Waals surface area (Å²) in [4.78, 5) is 14.1. The van der Waals surface area contributed by atoms with Crippen molar-refractivity contribution in [1.82, 2.24) is 10.2 Å². The number of carbonyl (C=O) groups excluding carboxylic acids is 1. The van der Waals surface area contributed by atoms with Gasteiger partial charge in [-0.25, -0.2) is 0 Å². The van der Waals surface area contributed by atoms with Crippen LogP contribution in [0.3, 0.4) is 0 Å². The summed E-state index contributed by atoms with van der Waals surface area (Å²) < 4.78 is 0. The Labute approximate surface area is 137 Å². The lowest BCUT2D eigenvalue weighted by Crippen LogP contribution is -2.38. The second-order valence-corrected chi connectivity index (χ2v) is 6.02. The predicted molar refractivity (Wildman–Crippen MR) is 88.5 cm³/mol. The topological polar surface area (TPSA) is 76.4 Å². The Kier molecular flexibility index (Phi) is 6.04. The summed E-state index contributed by atoms with van der Waals surface area (Å²) in [5, 5.41) is 21.5. The van der Waals surface area contributed by atoms with Crippen LogP contribution in [-0.2, 0) is 11.2 Å². The van der Waals surface area contributed by atoms with E-state index in [0.717, 1.165) is 37.9 Å². The van der Waals surface area contributed by atoms with Crippen molar-refractivity contribution >= 4 is 5.91 Å². The summed E-state index contributed by atoms with van der Waals surface area (Å²) in [6.45, 7) is 4.27. The summed E-state index contributed by atoms with van der Waals surface area (Å²) >= 11 is 0. The fourth-order valence-corrected chi connectivity index (χ4v) is 2.58. The number of phenolic OH excluding ortho intramolecular Hbond substituents is 1. The first-order valence-electron chi connectivity index (χ1n) is 8.01. The van der Waals surface area contributed by atoms with Gasteiger partial charge in [0, 0.05) is 25.8 Å². The number of nitrogens with one attached hydrogen (secondary N) is 1. The van der Waals surface area contributed by atoms with E-state index in [2.05, 4.69) is 12.2 Å². The van der Waals surface area contributed by atoms with Crippen LogP contribution in [0.1, 0.15) is 25.3 Å². The number of nitriles is 1. The van der Waals surface area contributed by atoms with E-state index in [1.54, 1.807) is 17.0 Å². The Hall–Kier alpha value is -2.48. The van der Waals surface area contributed by atoms with Crippen molar-refractivity contribution in [2.24, 2.45) is 5.92 Å². The van der Waals surface area contributed by atoms with Crippen LogP contribution in [0.15, 0.2) is 36.0 Å². The van der Waals surface area contributed by atoms with Gasteiger partial charge in [-0.3, -0.25) is 4.79 Å². The molecule has 0 spiro atoms. The van der Waals surface area contributed by atoms with Crippen LogP contribution in [0.5, 0.6) is 5.75 Å². The smallest absolute Gasteiger partial charge is 0.265 e. The molecule has 122 valence electrons. The molecule has 2 rings (SSSR count). The van der Waals surface area contributed by atoms with Crippen molar-refractivity contribution in [2.45, 2.75) is 26.2 Å². The molecular weight excluding hydrogens is 290 g/mol. The van der Waals surface area contributed by atoms with E-state index in [0.29, 0.717) is 12.5 Å². The minimum Gasteiger partial charge on any atom is -0.508 e. The molecule has 1 aromatic rings. The number of nitrogens with zero attached hydrogens (tertiary/aromatic N) is 2. The number of hydrogen-bond donors (Lipinski definition) is 2. The summed E-state index contributed by atoms with van der Waals surface area (Å²) in [6, 6.07) is 8.99. The highest BCUT2D eigenvalue weighted by atomic mass is 16.3. The van der Waals surface area contributed by atoms with Crippen LogP contribution < -0.4 is 5.32 Å². The van der Waals surface area contributed by atoms with Gasteiger partial charge < -0.3 is 15.3 Å². The van der Waals surface area contributed by atoms with Crippen molar-refractivity contribution < 1.29 is 9.90 Å². The molecule has 1 saturated heterocycles. The van der Waals surface area contributed by atoms with Gasteiger partial charge >= 0.3 is 0 Å². The van der Waals surface area contributed by atoms with Crippen molar-refractivity contribution in [3.63, 3.8) is 0 Å². The van der Waals surface area contributed by atoms with Gasteiger partial charge in [-0.1, -0.05) is 19.1 Å². The van der Waals surface area contributed by atoms with E-state index in [1.807, 2.05) is 18.2 Å². The molecule has 1 aliphatic heterocycles. The molecule has 0 radical (unpaired) electrons. The fraction of sp³-hybridized carbons (Fsp3) is 0.444. The molecule has 0 aliphatic carbocycles. The van der Waals surface area contributed by atoms with Crippen LogP contribution in [0, 0.1) is 17.2 Å². The molecule has 0 saturated carbocycles. The van der Waals surface area contributed by atoms with Gasteiger partial charge in [-0.2, -0.15) is 5.26 Å². The average molecular weight is 313 g/mol. The lowest BCUT2D eigenvalue weighted by atomic mass is 9.99. The summed E-state index contributed by atoms with van der Waals surface area (Å²) in [7, 11) is 0. The summed E-state index contributed by atoms with van der Waals surface area (Å²) in [5.41, 5.74) is 1.24. The van der Waals surface area contributed by atoms with E-state index in [4.69, 9.17) is 0 Å². The lowest BCUT2D eigenvalue weighted by molar-refractivity contribution is -0.128. The summed E-state index contributed by atoms with van der Waals surface area (Å²) in [6.07, 6.45) is 4.27. The number of rotatable bonds is 5. The number of aromatic hydroxyl groups is 1. The van der Waals surface area contributed by atoms with Gasteiger partial charge in [-0.05, 0) is 42.9 Å². The molecule has 0 bridgehead atoms. The minimum absolute atomic E-state index is 0.158. The molecule has 1 amide bonds. The molecule has 1 fully saturated rings. The van der Waals surface area contributed by atoms with Gasteiger partial charge in [0.1, 0.15) is 17.4 Å². The van der Waals surface area contributed by atoms with Crippen molar-refractivity contribution in [1.29, 1.82) is 5.26 Å². The number of carbonyl (C=O) groups is 1. The normalized spacial score (nSPS) is 16.0. The molecule has 5 nitrogen and oxygen atoms in total. The zero-order chi connectivity index (χ0) is 16.7. The van der Waals surface area contributed by atoms with Gasteiger partial charge in [-0.15, -0.1) is 0 Å². The Morgan fingerprint density at radius 3 is 2.65 bits per heavy atom. The average Bonchev–Trinajstić information content (AvgIpc) is 2.57. The molecule has 0 atom stereocenters. The van der Waals surface area contributed by atoms with Crippen LogP contribution in [0.2, 0.25) is 0 Å². The Morgan fingerprint density at radius 2 is 2.04 bits per heavy atom. The fourth-order valence-electron chi connectivity index (χ4n) is 2.58. The third-order valence-electron chi connectivity index (χ3n) is 4.16. The number of piperidine rings is 1. The van der Waals surface area contributed by atoms with E-state index >= 15 is 0 Å². The zero-order valence-corrected chi connectivity index (χ0v) is 13.5. The summed E-state index contributed by atoms with van der Waals surface area (Å²) in [5.74, 6) is 0.711. The second kappa shape index (κ2) is 8.23. The Bertz CT molecular complexity index is 594. The standard InChI is InChI=1S/C18H23N3O2/c1-14-7-10-21(11-8-14)18(23)16(12-19)13-20-9-6-15-2-4-17(22)5-3-15/h2-5,13-14,20,22H,6-11H2,1H3/b16-13-. The van der Waals surface area contributed by atoms with E-state index in [1.165, 1.54) is 6.20 Å². The van der Waals surface area contributed by atoms with Crippen molar-refractivity contribution in [3.05, 3.63) is 41.6 Å². The number of benzene rings is 1. The highest BCUT2D eigenvalue weighted by Gasteiger charge is 2.22. The SMILES string of the molecule is CC1CCN(C(=O)/C(C#N)=C\NCCc2ccc(O)cc2)CC1. The van der Waals surface area contributed by atoms with Gasteiger partial charge in [0.15, 0.2) is 0 Å². The van der Waals surface area contributed by atoms with Crippen LogP contribution in [0.25, 0.3) is 0 Å². The maximum absolute atomic E-state index is 12.3. The molecule has 2 N–H and O–H groups in total. The van der Waals surface area contributed by atoms with E-state index < -0.39 is 0 Å². The van der Waals surface area contributed by atoms with Crippen LogP contribution in [0.4, 0.5) is 0 Å². The van der Waals surface area contributed by atoms with Crippen molar-refractivity contribution in [3.8, 4) is 11.8 Å². The molecule has 0 aromatic heterocycles. The highest BCUT2D eigenvalue weighted by molar-refractivity contribution is 5.97. The molecule has 0 unspecified atom stereocenters. The maximum atomic E-state index is 12.3. The molecule has 5 heteroatoms. The van der Waals surface area contributed by atoms with E-state index in [-0.39, 0.29) is 17.2 Å². The molecule has 1 heterocycles.